The molecule has 1 aromatic rings. The van der Waals surface area contributed by atoms with Gasteiger partial charge in [0.25, 0.3) is 0 Å². The number of benzene rings is 1. The molecule has 0 aliphatic heterocycles. The van der Waals surface area contributed by atoms with E-state index >= 15 is 0 Å². The van der Waals surface area contributed by atoms with Gasteiger partial charge in [0.05, 0.1) is 4.90 Å². The van der Waals surface area contributed by atoms with Crippen LogP contribution in [0.2, 0.25) is 0 Å². The zero-order valence-electron chi connectivity index (χ0n) is 11.1. The molecule has 1 atom stereocenters. The van der Waals surface area contributed by atoms with Crippen LogP contribution >= 0.6 is 11.8 Å². The summed E-state index contributed by atoms with van der Waals surface area (Å²) in [6, 6.07) is 2.04. The van der Waals surface area contributed by atoms with Crippen molar-refractivity contribution in [3.63, 3.8) is 0 Å². The summed E-state index contributed by atoms with van der Waals surface area (Å²) in [6.45, 7) is 1.45. The molecular formula is C12H16FNO4S2. The van der Waals surface area contributed by atoms with Crippen LogP contribution in [0.4, 0.5) is 4.39 Å². The predicted molar refractivity (Wildman–Crippen MR) is 75.9 cm³/mol. The van der Waals surface area contributed by atoms with Crippen molar-refractivity contribution in [2.45, 2.75) is 24.3 Å². The lowest BCUT2D eigenvalue weighted by atomic mass is 10.2. The third-order valence-electron chi connectivity index (χ3n) is 2.63. The van der Waals surface area contributed by atoms with Gasteiger partial charge in [-0.1, -0.05) is 0 Å². The van der Waals surface area contributed by atoms with E-state index in [1.165, 1.54) is 18.7 Å². The smallest absolute Gasteiger partial charge is 0.321 e. The molecule has 20 heavy (non-hydrogen) atoms. The summed E-state index contributed by atoms with van der Waals surface area (Å²) in [5.74, 6) is -1.26. The summed E-state index contributed by atoms with van der Waals surface area (Å²) < 4.78 is 39.4. The first kappa shape index (κ1) is 16.9. The van der Waals surface area contributed by atoms with Crippen LogP contribution in [-0.4, -0.2) is 37.5 Å². The minimum Gasteiger partial charge on any atom is -0.480 e. The standard InChI is InChI=1S/C12H16FNO4S2/c1-8-7-9(13)3-4-11(8)20(17,18)14-10(12(15)16)5-6-19-2/h3-4,7,10,14H,5-6H2,1-2H3,(H,15,16)/t10-/m1/s1. The van der Waals surface area contributed by atoms with Gasteiger partial charge in [0, 0.05) is 0 Å². The molecule has 0 aliphatic carbocycles. The van der Waals surface area contributed by atoms with E-state index in [1.54, 1.807) is 6.26 Å². The third kappa shape index (κ3) is 4.46. The second kappa shape index (κ2) is 7.05. The minimum atomic E-state index is -3.99. The highest BCUT2D eigenvalue weighted by Gasteiger charge is 2.26. The van der Waals surface area contributed by atoms with E-state index in [-0.39, 0.29) is 16.9 Å². The highest BCUT2D eigenvalue weighted by atomic mass is 32.2. The van der Waals surface area contributed by atoms with Crippen LogP contribution in [-0.2, 0) is 14.8 Å². The van der Waals surface area contributed by atoms with Gasteiger partial charge >= 0.3 is 5.97 Å². The molecular weight excluding hydrogens is 305 g/mol. The number of carbonyl (C=O) groups is 1. The molecule has 0 unspecified atom stereocenters. The van der Waals surface area contributed by atoms with E-state index in [1.807, 2.05) is 0 Å². The molecule has 0 fully saturated rings. The molecule has 8 heteroatoms. The molecule has 0 bridgehead atoms. The lowest BCUT2D eigenvalue weighted by Crippen LogP contribution is -2.41. The van der Waals surface area contributed by atoms with Crippen molar-refractivity contribution >= 4 is 27.8 Å². The molecule has 1 aromatic carbocycles. The number of aryl methyl sites for hydroxylation is 1. The van der Waals surface area contributed by atoms with Gasteiger partial charge in [0.1, 0.15) is 11.9 Å². The highest BCUT2D eigenvalue weighted by molar-refractivity contribution is 7.98. The Balaban J connectivity index is 3.00. The number of hydrogen-bond acceptors (Lipinski definition) is 4. The summed E-state index contributed by atoms with van der Waals surface area (Å²) in [7, 11) is -3.99. The van der Waals surface area contributed by atoms with Crippen LogP contribution in [0.1, 0.15) is 12.0 Å². The Bertz CT molecular complexity index is 589. The second-order valence-corrected chi connectivity index (χ2v) is 6.87. The normalized spacial score (nSPS) is 13.2. The number of sulfonamides is 1. The number of aliphatic carboxylic acids is 1. The van der Waals surface area contributed by atoms with Crippen LogP contribution in [0.15, 0.2) is 23.1 Å². The summed E-state index contributed by atoms with van der Waals surface area (Å²) in [5.41, 5.74) is 0.228. The molecule has 0 heterocycles. The van der Waals surface area contributed by atoms with E-state index in [9.17, 15) is 17.6 Å². The van der Waals surface area contributed by atoms with Crippen LogP contribution < -0.4 is 4.72 Å². The number of nitrogens with one attached hydrogen (secondary N) is 1. The molecule has 0 aliphatic rings. The average molecular weight is 321 g/mol. The fourth-order valence-electron chi connectivity index (χ4n) is 1.63. The Hall–Kier alpha value is -1.12. The summed E-state index contributed by atoms with van der Waals surface area (Å²) in [4.78, 5) is 10.9. The lowest BCUT2D eigenvalue weighted by molar-refractivity contribution is -0.139. The molecule has 0 saturated carbocycles. The van der Waals surface area contributed by atoms with Crippen molar-refractivity contribution in [2.75, 3.05) is 12.0 Å². The summed E-state index contributed by atoms with van der Waals surface area (Å²) in [5, 5.41) is 9.03. The fourth-order valence-corrected chi connectivity index (χ4v) is 3.56. The monoisotopic (exact) mass is 321 g/mol. The Morgan fingerprint density at radius 1 is 1.50 bits per heavy atom. The Morgan fingerprint density at radius 3 is 2.65 bits per heavy atom. The van der Waals surface area contributed by atoms with Gasteiger partial charge in [-0.3, -0.25) is 4.79 Å². The number of hydrogen-bond donors (Lipinski definition) is 2. The van der Waals surface area contributed by atoms with Gasteiger partial charge in [0.2, 0.25) is 10.0 Å². The molecule has 0 radical (unpaired) electrons. The van der Waals surface area contributed by atoms with Crippen molar-refractivity contribution in [2.24, 2.45) is 0 Å². The molecule has 0 amide bonds. The van der Waals surface area contributed by atoms with Gasteiger partial charge < -0.3 is 5.11 Å². The first-order valence-electron chi connectivity index (χ1n) is 5.78. The lowest BCUT2D eigenvalue weighted by Gasteiger charge is -2.15. The Morgan fingerprint density at radius 2 is 2.15 bits per heavy atom. The van der Waals surface area contributed by atoms with Gasteiger partial charge in [0.15, 0.2) is 0 Å². The Kier molecular flexibility index (Phi) is 5.97. The topological polar surface area (TPSA) is 83.5 Å². The highest BCUT2D eigenvalue weighted by Crippen LogP contribution is 2.17. The quantitative estimate of drug-likeness (QED) is 0.797. The van der Waals surface area contributed by atoms with Crippen molar-refractivity contribution in [3.05, 3.63) is 29.6 Å². The van der Waals surface area contributed by atoms with E-state index in [0.29, 0.717) is 5.75 Å². The largest absolute Gasteiger partial charge is 0.480 e. The number of carboxylic acids is 1. The number of thioether (sulfide) groups is 1. The number of halogens is 1. The van der Waals surface area contributed by atoms with Crippen molar-refractivity contribution in [3.8, 4) is 0 Å². The molecule has 112 valence electrons. The maximum absolute atomic E-state index is 13.0. The van der Waals surface area contributed by atoms with Crippen LogP contribution in [0.25, 0.3) is 0 Å². The summed E-state index contributed by atoms with van der Waals surface area (Å²) in [6.07, 6.45) is 1.98. The number of rotatable bonds is 7. The van der Waals surface area contributed by atoms with Gasteiger partial charge in [-0.2, -0.15) is 16.5 Å². The predicted octanol–water partition coefficient (Wildman–Crippen LogP) is 1.62. The van der Waals surface area contributed by atoms with Gasteiger partial charge in [-0.25, -0.2) is 12.8 Å². The molecule has 2 N–H and O–H groups in total. The van der Waals surface area contributed by atoms with E-state index in [2.05, 4.69) is 4.72 Å². The van der Waals surface area contributed by atoms with Crippen molar-refractivity contribution in [1.82, 2.24) is 4.72 Å². The third-order valence-corrected chi connectivity index (χ3v) is 4.91. The second-order valence-electron chi connectivity index (χ2n) is 4.20. The molecule has 1 rings (SSSR count). The zero-order chi connectivity index (χ0) is 15.3. The summed E-state index contributed by atoms with van der Waals surface area (Å²) >= 11 is 1.43. The maximum atomic E-state index is 13.0. The average Bonchev–Trinajstić information content (AvgIpc) is 2.33. The molecule has 0 spiro atoms. The SMILES string of the molecule is CSCC[C@@H](NS(=O)(=O)c1ccc(F)cc1C)C(=O)O. The maximum Gasteiger partial charge on any atom is 0.321 e. The first-order valence-corrected chi connectivity index (χ1v) is 8.66. The van der Waals surface area contributed by atoms with Crippen molar-refractivity contribution < 1.29 is 22.7 Å². The van der Waals surface area contributed by atoms with E-state index in [4.69, 9.17) is 5.11 Å². The zero-order valence-corrected chi connectivity index (χ0v) is 12.7. The van der Waals surface area contributed by atoms with Gasteiger partial charge in [-0.05, 0) is 49.1 Å². The molecule has 0 aromatic heterocycles. The first-order chi connectivity index (χ1) is 9.27. The van der Waals surface area contributed by atoms with Crippen LogP contribution in [0.3, 0.4) is 0 Å². The van der Waals surface area contributed by atoms with E-state index < -0.39 is 27.9 Å². The molecule has 5 nitrogen and oxygen atoms in total. The fraction of sp³-hybridized carbons (Fsp3) is 0.417. The van der Waals surface area contributed by atoms with Crippen LogP contribution in [0.5, 0.6) is 0 Å². The Labute approximate surface area is 121 Å². The molecule has 0 saturated heterocycles. The minimum absolute atomic E-state index is 0.116. The van der Waals surface area contributed by atoms with Gasteiger partial charge in [-0.15, -0.1) is 0 Å². The van der Waals surface area contributed by atoms with Crippen LogP contribution in [0, 0.1) is 12.7 Å². The van der Waals surface area contributed by atoms with Crippen molar-refractivity contribution in [1.29, 1.82) is 0 Å². The number of carboxylic acid groups (broad SMARTS) is 1. The van der Waals surface area contributed by atoms with E-state index in [0.717, 1.165) is 18.2 Å².